The van der Waals surface area contributed by atoms with Gasteiger partial charge in [0.25, 0.3) is 0 Å². The summed E-state index contributed by atoms with van der Waals surface area (Å²) in [6.07, 6.45) is 6.84. The SMILES string of the molecule is Cn1nccc1CCC(=O)NC[C@H]1[C@@H]2CNC[C@@H](C2)[C@@H]2CCCC(=O)N21. The van der Waals surface area contributed by atoms with Gasteiger partial charge in [-0.05, 0) is 50.1 Å². The second kappa shape index (κ2) is 7.39. The lowest BCUT2D eigenvalue weighted by molar-refractivity contribution is -0.149. The Kier molecular flexibility index (Phi) is 4.98. The molecule has 1 aromatic rings. The molecule has 142 valence electrons. The van der Waals surface area contributed by atoms with Gasteiger partial charge in [0.1, 0.15) is 0 Å². The van der Waals surface area contributed by atoms with Gasteiger partial charge in [-0.1, -0.05) is 0 Å². The lowest BCUT2D eigenvalue weighted by Crippen LogP contribution is -2.66. The molecule has 0 radical (unpaired) electrons. The van der Waals surface area contributed by atoms with Crippen LogP contribution in [0, 0.1) is 11.8 Å². The topological polar surface area (TPSA) is 79.3 Å². The van der Waals surface area contributed by atoms with E-state index in [1.54, 1.807) is 10.9 Å². The Bertz CT molecular complexity index is 673. The molecule has 4 atom stereocenters. The zero-order valence-corrected chi connectivity index (χ0v) is 15.5. The highest BCUT2D eigenvalue weighted by molar-refractivity contribution is 5.78. The lowest BCUT2D eigenvalue weighted by atomic mass is 9.72. The van der Waals surface area contributed by atoms with Crippen LogP contribution < -0.4 is 10.6 Å². The quantitative estimate of drug-likeness (QED) is 0.800. The summed E-state index contributed by atoms with van der Waals surface area (Å²) < 4.78 is 1.80. The Morgan fingerprint density at radius 3 is 3.04 bits per heavy atom. The molecule has 0 unspecified atom stereocenters. The summed E-state index contributed by atoms with van der Waals surface area (Å²) >= 11 is 0. The third-order valence-electron chi connectivity index (χ3n) is 6.44. The summed E-state index contributed by atoms with van der Waals surface area (Å²) in [6, 6.07) is 2.44. The molecular formula is C19H29N5O2. The predicted octanol–water partition coefficient (Wildman–Crippen LogP) is 0.458. The van der Waals surface area contributed by atoms with Crippen LogP contribution in [-0.2, 0) is 23.1 Å². The fourth-order valence-electron chi connectivity index (χ4n) is 5.09. The molecule has 2 bridgehead atoms. The Balaban J connectivity index is 1.37. The molecule has 2 N–H and O–H groups in total. The standard InChI is InChI=1S/C19H29N5O2/c1-23-15(7-8-22-23)5-6-18(25)21-12-17-14-9-13(10-20-11-14)16-3-2-4-19(26)24(16)17/h7-8,13-14,16-17,20H,2-6,9-12H2,1H3,(H,21,25)/t13-,14+,16+,17+/m1/s1. The number of nitrogens with one attached hydrogen (secondary N) is 2. The third kappa shape index (κ3) is 3.37. The van der Waals surface area contributed by atoms with Gasteiger partial charge in [-0.15, -0.1) is 0 Å². The van der Waals surface area contributed by atoms with E-state index in [4.69, 9.17) is 0 Å². The van der Waals surface area contributed by atoms with Crippen molar-refractivity contribution in [2.24, 2.45) is 18.9 Å². The number of carbonyl (C=O) groups is 2. The Morgan fingerprint density at radius 1 is 1.38 bits per heavy atom. The molecule has 0 aliphatic carbocycles. The highest BCUT2D eigenvalue weighted by Gasteiger charge is 2.47. The zero-order valence-electron chi connectivity index (χ0n) is 15.5. The molecule has 1 aromatic heterocycles. The average Bonchev–Trinajstić information content (AvgIpc) is 3.05. The fraction of sp³-hybridized carbons (Fsp3) is 0.737. The monoisotopic (exact) mass is 359 g/mol. The molecule has 7 heteroatoms. The van der Waals surface area contributed by atoms with E-state index in [0.717, 1.165) is 31.6 Å². The van der Waals surface area contributed by atoms with Crippen molar-refractivity contribution in [2.45, 2.75) is 50.6 Å². The van der Waals surface area contributed by atoms with Gasteiger partial charge in [0.15, 0.2) is 0 Å². The van der Waals surface area contributed by atoms with E-state index >= 15 is 0 Å². The van der Waals surface area contributed by atoms with E-state index in [2.05, 4.69) is 20.6 Å². The first kappa shape index (κ1) is 17.5. The number of carbonyl (C=O) groups excluding carboxylic acids is 2. The van der Waals surface area contributed by atoms with E-state index < -0.39 is 0 Å². The minimum atomic E-state index is 0.0538. The van der Waals surface area contributed by atoms with Crippen LogP contribution in [-0.4, -0.2) is 58.2 Å². The van der Waals surface area contributed by atoms with Crippen molar-refractivity contribution in [3.8, 4) is 0 Å². The average molecular weight is 359 g/mol. The second-order valence-corrected chi connectivity index (χ2v) is 7.99. The van der Waals surface area contributed by atoms with Crippen LogP contribution in [0.1, 0.15) is 37.8 Å². The molecule has 2 amide bonds. The van der Waals surface area contributed by atoms with E-state index in [-0.39, 0.29) is 17.9 Å². The van der Waals surface area contributed by atoms with Gasteiger partial charge in [-0.3, -0.25) is 14.3 Å². The molecule has 0 saturated carbocycles. The summed E-state index contributed by atoms with van der Waals surface area (Å²) in [5.74, 6) is 1.37. The minimum Gasteiger partial charge on any atom is -0.354 e. The van der Waals surface area contributed by atoms with Crippen LogP contribution in [0.15, 0.2) is 12.3 Å². The Hall–Kier alpha value is -1.89. The Morgan fingerprint density at radius 2 is 2.23 bits per heavy atom. The van der Waals surface area contributed by atoms with Crippen LogP contribution in [0.4, 0.5) is 0 Å². The summed E-state index contributed by atoms with van der Waals surface area (Å²) in [5.41, 5.74) is 1.06. The van der Waals surface area contributed by atoms with Crippen LogP contribution in [0.25, 0.3) is 0 Å². The number of amides is 2. The van der Waals surface area contributed by atoms with Crippen molar-refractivity contribution in [1.82, 2.24) is 25.3 Å². The van der Waals surface area contributed by atoms with Crippen molar-refractivity contribution < 1.29 is 9.59 Å². The molecule has 3 aliphatic rings. The number of hydrogen-bond donors (Lipinski definition) is 2. The number of rotatable bonds is 5. The van der Waals surface area contributed by atoms with Gasteiger partial charge in [-0.2, -0.15) is 5.10 Å². The van der Waals surface area contributed by atoms with E-state index in [1.165, 1.54) is 6.42 Å². The summed E-state index contributed by atoms with van der Waals surface area (Å²) in [4.78, 5) is 27.1. The molecule has 3 fully saturated rings. The fourth-order valence-corrected chi connectivity index (χ4v) is 5.09. The normalized spacial score (nSPS) is 30.8. The lowest BCUT2D eigenvalue weighted by Gasteiger charge is -2.54. The maximum atomic E-state index is 12.6. The van der Waals surface area contributed by atoms with Crippen LogP contribution in [0.2, 0.25) is 0 Å². The molecular weight excluding hydrogens is 330 g/mol. The number of fused-ring (bicyclic) bond motifs is 4. The van der Waals surface area contributed by atoms with E-state index in [1.807, 2.05) is 13.1 Å². The molecule has 4 rings (SSSR count). The zero-order chi connectivity index (χ0) is 18.1. The minimum absolute atomic E-state index is 0.0538. The van der Waals surface area contributed by atoms with Gasteiger partial charge in [0.2, 0.25) is 11.8 Å². The molecule has 3 aliphatic heterocycles. The van der Waals surface area contributed by atoms with E-state index in [9.17, 15) is 9.59 Å². The maximum absolute atomic E-state index is 12.6. The van der Waals surface area contributed by atoms with Crippen molar-refractivity contribution in [3.63, 3.8) is 0 Å². The highest BCUT2D eigenvalue weighted by atomic mass is 16.2. The Labute approximate surface area is 154 Å². The van der Waals surface area contributed by atoms with Crippen LogP contribution in [0.5, 0.6) is 0 Å². The number of piperidine rings is 3. The number of aryl methyl sites for hydroxylation is 2. The maximum Gasteiger partial charge on any atom is 0.223 e. The van der Waals surface area contributed by atoms with Crippen LogP contribution in [0.3, 0.4) is 0 Å². The first-order valence-electron chi connectivity index (χ1n) is 9.89. The number of nitrogens with zero attached hydrogens (tertiary/aromatic N) is 3. The number of hydrogen-bond acceptors (Lipinski definition) is 4. The molecule has 26 heavy (non-hydrogen) atoms. The first-order valence-corrected chi connectivity index (χ1v) is 9.89. The molecule has 4 heterocycles. The van der Waals surface area contributed by atoms with Crippen molar-refractivity contribution >= 4 is 11.8 Å². The van der Waals surface area contributed by atoms with Crippen molar-refractivity contribution in [1.29, 1.82) is 0 Å². The third-order valence-corrected chi connectivity index (χ3v) is 6.44. The molecule has 0 aromatic carbocycles. The molecule has 0 spiro atoms. The van der Waals surface area contributed by atoms with Gasteiger partial charge in [-0.25, -0.2) is 0 Å². The molecule has 7 nitrogen and oxygen atoms in total. The largest absolute Gasteiger partial charge is 0.354 e. The van der Waals surface area contributed by atoms with Gasteiger partial charge in [0, 0.05) is 50.9 Å². The van der Waals surface area contributed by atoms with Crippen molar-refractivity contribution in [2.75, 3.05) is 19.6 Å². The predicted molar refractivity (Wildman–Crippen MR) is 97.3 cm³/mol. The summed E-state index contributed by atoms with van der Waals surface area (Å²) in [5, 5.41) is 10.8. The smallest absolute Gasteiger partial charge is 0.223 e. The van der Waals surface area contributed by atoms with Crippen LogP contribution >= 0.6 is 0 Å². The number of aromatic nitrogens is 2. The van der Waals surface area contributed by atoms with Gasteiger partial charge >= 0.3 is 0 Å². The van der Waals surface area contributed by atoms with E-state index in [0.29, 0.717) is 43.7 Å². The summed E-state index contributed by atoms with van der Waals surface area (Å²) in [6.45, 7) is 2.54. The van der Waals surface area contributed by atoms with Gasteiger partial charge < -0.3 is 15.5 Å². The highest BCUT2D eigenvalue weighted by Crippen LogP contribution is 2.39. The summed E-state index contributed by atoms with van der Waals surface area (Å²) in [7, 11) is 1.89. The van der Waals surface area contributed by atoms with Crippen molar-refractivity contribution in [3.05, 3.63) is 18.0 Å². The molecule has 3 saturated heterocycles. The second-order valence-electron chi connectivity index (χ2n) is 7.99. The van der Waals surface area contributed by atoms with Gasteiger partial charge in [0.05, 0.1) is 6.04 Å². The first-order chi connectivity index (χ1) is 12.6.